The molecule has 0 saturated heterocycles. The highest BCUT2D eigenvalue weighted by molar-refractivity contribution is 9.10. The van der Waals surface area contributed by atoms with Crippen LogP contribution in [0.25, 0.3) is 0 Å². The second kappa shape index (κ2) is 5.89. The fourth-order valence-electron chi connectivity index (χ4n) is 1.87. The van der Waals surface area contributed by atoms with Gasteiger partial charge < -0.3 is 10.1 Å². The predicted octanol–water partition coefficient (Wildman–Crippen LogP) is 4.02. The number of anilines is 1. The quantitative estimate of drug-likeness (QED) is 0.928. The van der Waals surface area contributed by atoms with Crippen molar-refractivity contribution in [2.24, 2.45) is 0 Å². The van der Waals surface area contributed by atoms with Crippen LogP contribution in [-0.4, -0.2) is 13.0 Å². The summed E-state index contributed by atoms with van der Waals surface area (Å²) in [6, 6.07) is 13.0. The number of amides is 1. The number of nitrogens with one attached hydrogen (secondary N) is 1. The van der Waals surface area contributed by atoms with Gasteiger partial charge in [0.05, 0.1) is 12.7 Å². The Hall–Kier alpha value is -1.81. The van der Waals surface area contributed by atoms with Crippen molar-refractivity contribution in [2.45, 2.75) is 6.92 Å². The minimum absolute atomic E-state index is 0.182. The lowest BCUT2D eigenvalue weighted by molar-refractivity contribution is 0.102. The van der Waals surface area contributed by atoms with Crippen molar-refractivity contribution < 1.29 is 9.53 Å². The number of benzene rings is 2. The summed E-state index contributed by atoms with van der Waals surface area (Å²) in [4.78, 5) is 12.3. The summed E-state index contributed by atoms with van der Waals surface area (Å²) < 4.78 is 6.21. The lowest BCUT2D eigenvalue weighted by atomic mass is 10.1. The number of hydrogen-bond donors (Lipinski definition) is 1. The van der Waals surface area contributed by atoms with Crippen molar-refractivity contribution in [1.29, 1.82) is 0 Å². The molecule has 0 spiro atoms. The molecule has 0 radical (unpaired) electrons. The van der Waals surface area contributed by atoms with Gasteiger partial charge in [0, 0.05) is 10.2 Å². The van der Waals surface area contributed by atoms with Crippen LogP contribution in [0.1, 0.15) is 15.9 Å². The zero-order chi connectivity index (χ0) is 13.8. The van der Waals surface area contributed by atoms with Crippen molar-refractivity contribution in [3.63, 3.8) is 0 Å². The number of para-hydroxylation sites is 1. The van der Waals surface area contributed by atoms with Gasteiger partial charge in [-0.25, -0.2) is 0 Å². The van der Waals surface area contributed by atoms with Crippen LogP contribution in [0.4, 0.5) is 5.69 Å². The van der Waals surface area contributed by atoms with E-state index in [0.29, 0.717) is 11.3 Å². The first-order valence-corrected chi connectivity index (χ1v) is 6.61. The van der Waals surface area contributed by atoms with Gasteiger partial charge in [-0.3, -0.25) is 4.79 Å². The van der Waals surface area contributed by atoms with E-state index in [1.807, 2.05) is 43.3 Å². The van der Waals surface area contributed by atoms with E-state index in [2.05, 4.69) is 21.2 Å². The van der Waals surface area contributed by atoms with E-state index in [1.165, 1.54) is 0 Å². The van der Waals surface area contributed by atoms with Gasteiger partial charge >= 0.3 is 0 Å². The van der Waals surface area contributed by atoms with Gasteiger partial charge in [0.25, 0.3) is 5.91 Å². The Labute approximate surface area is 120 Å². The topological polar surface area (TPSA) is 38.3 Å². The second-order valence-electron chi connectivity index (χ2n) is 4.12. The molecule has 0 aliphatic carbocycles. The summed E-state index contributed by atoms with van der Waals surface area (Å²) >= 11 is 3.37. The molecule has 0 saturated carbocycles. The first-order valence-electron chi connectivity index (χ1n) is 5.82. The van der Waals surface area contributed by atoms with Gasteiger partial charge in [0.2, 0.25) is 0 Å². The van der Waals surface area contributed by atoms with Gasteiger partial charge in [0.1, 0.15) is 5.75 Å². The Kier molecular flexibility index (Phi) is 4.22. The number of aryl methyl sites for hydroxylation is 1. The monoisotopic (exact) mass is 319 g/mol. The Morgan fingerprint density at radius 2 is 1.95 bits per heavy atom. The highest BCUT2D eigenvalue weighted by Gasteiger charge is 2.13. The largest absolute Gasteiger partial charge is 0.496 e. The Bertz CT molecular complexity index is 611. The molecule has 0 aromatic heterocycles. The van der Waals surface area contributed by atoms with Crippen molar-refractivity contribution in [3.05, 3.63) is 58.1 Å². The first-order chi connectivity index (χ1) is 9.11. The van der Waals surface area contributed by atoms with Crippen LogP contribution in [0.15, 0.2) is 46.9 Å². The molecule has 2 aromatic carbocycles. The third kappa shape index (κ3) is 3.15. The first kappa shape index (κ1) is 13.6. The zero-order valence-corrected chi connectivity index (χ0v) is 12.3. The molecule has 0 aliphatic rings. The van der Waals surface area contributed by atoms with Gasteiger partial charge in [-0.05, 0) is 36.8 Å². The van der Waals surface area contributed by atoms with Crippen molar-refractivity contribution in [1.82, 2.24) is 0 Å². The molecule has 0 bridgehead atoms. The van der Waals surface area contributed by atoms with Crippen molar-refractivity contribution in [2.75, 3.05) is 12.4 Å². The van der Waals surface area contributed by atoms with E-state index in [-0.39, 0.29) is 5.91 Å². The van der Waals surface area contributed by atoms with E-state index < -0.39 is 0 Å². The minimum Gasteiger partial charge on any atom is -0.496 e. The zero-order valence-electron chi connectivity index (χ0n) is 10.7. The molecule has 1 N–H and O–H groups in total. The third-order valence-electron chi connectivity index (χ3n) is 2.74. The van der Waals surface area contributed by atoms with Crippen LogP contribution >= 0.6 is 15.9 Å². The second-order valence-corrected chi connectivity index (χ2v) is 5.04. The minimum atomic E-state index is -0.182. The maximum Gasteiger partial charge on any atom is 0.259 e. The number of halogens is 1. The maximum atomic E-state index is 12.3. The average Bonchev–Trinajstić information content (AvgIpc) is 2.38. The number of hydrogen-bond acceptors (Lipinski definition) is 2. The van der Waals surface area contributed by atoms with Gasteiger partial charge in [-0.1, -0.05) is 34.1 Å². The summed E-state index contributed by atoms with van der Waals surface area (Å²) in [5, 5.41) is 2.85. The molecule has 98 valence electrons. The standard InChI is InChI=1S/C15H14BrNO2/c1-10-5-3-8-13(14(10)19-2)15(18)17-12-7-4-6-11(16)9-12/h3-9H,1-2H3,(H,17,18). The number of carbonyl (C=O) groups excluding carboxylic acids is 1. The molecular weight excluding hydrogens is 306 g/mol. The Morgan fingerprint density at radius 3 is 2.63 bits per heavy atom. The lowest BCUT2D eigenvalue weighted by Gasteiger charge is -2.11. The molecule has 19 heavy (non-hydrogen) atoms. The van der Waals surface area contributed by atoms with Crippen LogP contribution in [0, 0.1) is 6.92 Å². The van der Waals surface area contributed by atoms with Crippen molar-refractivity contribution >= 4 is 27.5 Å². The van der Waals surface area contributed by atoms with Crippen LogP contribution in [0.2, 0.25) is 0 Å². The Morgan fingerprint density at radius 1 is 1.21 bits per heavy atom. The molecule has 0 unspecified atom stereocenters. The number of ether oxygens (including phenoxy) is 1. The van der Waals surface area contributed by atoms with E-state index in [4.69, 9.17) is 4.74 Å². The van der Waals surface area contributed by atoms with Gasteiger partial charge in [-0.15, -0.1) is 0 Å². The molecule has 0 aliphatic heterocycles. The van der Waals surface area contributed by atoms with Gasteiger partial charge in [0.15, 0.2) is 0 Å². The van der Waals surface area contributed by atoms with Gasteiger partial charge in [-0.2, -0.15) is 0 Å². The van der Waals surface area contributed by atoms with E-state index in [1.54, 1.807) is 13.2 Å². The average molecular weight is 320 g/mol. The summed E-state index contributed by atoms with van der Waals surface area (Å²) in [7, 11) is 1.57. The Balaban J connectivity index is 2.28. The predicted molar refractivity (Wildman–Crippen MR) is 79.8 cm³/mol. The van der Waals surface area contributed by atoms with E-state index in [0.717, 1.165) is 15.7 Å². The smallest absolute Gasteiger partial charge is 0.259 e. The van der Waals surface area contributed by atoms with Crippen LogP contribution in [0.5, 0.6) is 5.75 Å². The number of carbonyl (C=O) groups is 1. The normalized spacial score (nSPS) is 10.1. The SMILES string of the molecule is COc1c(C)cccc1C(=O)Nc1cccc(Br)c1. The summed E-state index contributed by atoms with van der Waals surface area (Å²) in [5.74, 6) is 0.425. The fourth-order valence-corrected chi connectivity index (χ4v) is 2.27. The highest BCUT2D eigenvalue weighted by Crippen LogP contribution is 2.24. The van der Waals surface area contributed by atoms with E-state index >= 15 is 0 Å². The van der Waals surface area contributed by atoms with Crippen LogP contribution in [0.3, 0.4) is 0 Å². The molecule has 0 atom stereocenters. The highest BCUT2D eigenvalue weighted by atomic mass is 79.9. The fraction of sp³-hybridized carbons (Fsp3) is 0.133. The molecule has 0 fully saturated rings. The summed E-state index contributed by atoms with van der Waals surface area (Å²) in [6.07, 6.45) is 0. The molecule has 0 heterocycles. The molecular formula is C15H14BrNO2. The third-order valence-corrected chi connectivity index (χ3v) is 3.24. The van der Waals surface area contributed by atoms with Crippen LogP contribution in [-0.2, 0) is 0 Å². The summed E-state index contributed by atoms with van der Waals surface area (Å²) in [5.41, 5.74) is 2.20. The number of rotatable bonds is 3. The van der Waals surface area contributed by atoms with Crippen molar-refractivity contribution in [3.8, 4) is 5.75 Å². The lowest BCUT2D eigenvalue weighted by Crippen LogP contribution is -2.13. The molecule has 2 aromatic rings. The van der Waals surface area contributed by atoms with E-state index in [9.17, 15) is 4.79 Å². The maximum absolute atomic E-state index is 12.3. The molecule has 2 rings (SSSR count). The molecule has 3 nitrogen and oxygen atoms in total. The van der Waals surface area contributed by atoms with Crippen LogP contribution < -0.4 is 10.1 Å². The molecule has 1 amide bonds. The number of methoxy groups -OCH3 is 1. The summed E-state index contributed by atoms with van der Waals surface area (Å²) in [6.45, 7) is 1.91. The molecule has 4 heteroatoms.